The van der Waals surface area contributed by atoms with Crippen LogP contribution < -0.4 is 5.73 Å². The van der Waals surface area contributed by atoms with Crippen LogP contribution in [-0.4, -0.2) is 4.98 Å². The number of aromatic nitrogens is 1. The van der Waals surface area contributed by atoms with E-state index in [4.69, 9.17) is 10.7 Å². The molecule has 1 heterocycles. The Labute approximate surface area is 129 Å². The number of hydrogen-bond donors (Lipinski definition) is 1. The van der Waals surface area contributed by atoms with Crippen LogP contribution in [-0.2, 0) is 5.41 Å². The molecule has 0 aliphatic carbocycles. The zero-order chi connectivity index (χ0) is 15.0. The van der Waals surface area contributed by atoms with Crippen LogP contribution in [0.2, 0.25) is 0 Å². The van der Waals surface area contributed by atoms with Crippen molar-refractivity contribution in [2.45, 2.75) is 90.5 Å². The third kappa shape index (κ3) is 6.36. The molecule has 2 nitrogen and oxygen atoms in total. The number of rotatable bonds is 9. The molecule has 0 spiro atoms. The molecule has 0 radical (unpaired) electrons. The summed E-state index contributed by atoms with van der Waals surface area (Å²) >= 11 is 1.72. The molecule has 0 aliphatic rings. The Balaban J connectivity index is 2.22. The molecule has 0 amide bonds. The Morgan fingerprint density at radius 2 is 1.70 bits per heavy atom. The summed E-state index contributed by atoms with van der Waals surface area (Å²) in [5.74, 6) is 0. The number of nitrogens with zero attached hydrogens (tertiary/aromatic N) is 1. The van der Waals surface area contributed by atoms with E-state index in [1.165, 1.54) is 50.6 Å². The summed E-state index contributed by atoms with van der Waals surface area (Å²) in [4.78, 5) is 4.71. The highest BCUT2D eigenvalue weighted by atomic mass is 32.1. The lowest BCUT2D eigenvalue weighted by atomic mass is 9.93. The van der Waals surface area contributed by atoms with Crippen molar-refractivity contribution < 1.29 is 0 Å². The van der Waals surface area contributed by atoms with E-state index in [9.17, 15) is 0 Å². The molecule has 0 saturated heterocycles. The molecule has 3 heteroatoms. The quantitative estimate of drug-likeness (QED) is 0.604. The highest BCUT2D eigenvalue weighted by Crippen LogP contribution is 2.28. The predicted octanol–water partition coefficient (Wildman–Crippen LogP) is 5.58. The van der Waals surface area contributed by atoms with Crippen LogP contribution >= 0.6 is 11.3 Å². The van der Waals surface area contributed by atoms with Crippen LogP contribution in [0.25, 0.3) is 0 Å². The lowest BCUT2D eigenvalue weighted by Crippen LogP contribution is -2.14. The fraction of sp³-hybridized carbons (Fsp3) is 0.824. The highest BCUT2D eigenvalue weighted by Gasteiger charge is 2.19. The van der Waals surface area contributed by atoms with Crippen LogP contribution in [0.1, 0.15) is 95.8 Å². The Hall–Kier alpha value is -0.410. The molecule has 1 aromatic heterocycles. The summed E-state index contributed by atoms with van der Waals surface area (Å²) in [5.41, 5.74) is 7.57. The maximum absolute atomic E-state index is 6.26. The predicted molar refractivity (Wildman–Crippen MR) is 90.4 cm³/mol. The first-order valence-corrected chi connectivity index (χ1v) is 9.04. The van der Waals surface area contributed by atoms with Gasteiger partial charge in [-0.2, -0.15) is 0 Å². The molecule has 0 aromatic carbocycles. The van der Waals surface area contributed by atoms with Crippen LogP contribution in [0.5, 0.6) is 0 Å². The Kier molecular flexibility index (Phi) is 7.75. The summed E-state index contributed by atoms with van der Waals surface area (Å²) in [7, 11) is 0. The maximum Gasteiger partial charge on any atom is 0.110 e. The molecular weight excluding hydrogens is 264 g/mol. The molecule has 1 unspecified atom stereocenters. The van der Waals surface area contributed by atoms with Crippen LogP contribution in [0.4, 0.5) is 0 Å². The topological polar surface area (TPSA) is 38.9 Å². The van der Waals surface area contributed by atoms with E-state index in [1.54, 1.807) is 11.3 Å². The zero-order valence-corrected chi connectivity index (χ0v) is 14.6. The minimum absolute atomic E-state index is 0.131. The molecule has 0 aliphatic heterocycles. The molecule has 1 atom stereocenters. The lowest BCUT2D eigenvalue weighted by Gasteiger charge is -2.14. The van der Waals surface area contributed by atoms with Gasteiger partial charge in [-0.3, -0.25) is 0 Å². The third-order valence-electron chi connectivity index (χ3n) is 3.73. The standard InChI is InChI=1S/C17H32N2S/c1-5-6-7-8-9-10-11-12-14(18)16-19-15(13-20-16)17(2,3)4/h13-14H,5-12,18H2,1-4H3. The number of hydrogen-bond acceptors (Lipinski definition) is 3. The van der Waals surface area contributed by atoms with Crippen molar-refractivity contribution in [3.8, 4) is 0 Å². The van der Waals surface area contributed by atoms with Gasteiger partial charge in [0.2, 0.25) is 0 Å². The third-order valence-corrected chi connectivity index (χ3v) is 4.70. The van der Waals surface area contributed by atoms with Gasteiger partial charge >= 0.3 is 0 Å². The number of unbranched alkanes of at least 4 members (excludes halogenated alkanes) is 6. The van der Waals surface area contributed by atoms with Gasteiger partial charge < -0.3 is 5.73 Å². The van der Waals surface area contributed by atoms with Gasteiger partial charge in [0.05, 0.1) is 11.7 Å². The van der Waals surface area contributed by atoms with Crippen molar-refractivity contribution >= 4 is 11.3 Å². The Bertz CT molecular complexity index is 365. The second-order valence-electron chi connectivity index (χ2n) is 6.84. The smallest absolute Gasteiger partial charge is 0.110 e. The average Bonchev–Trinajstić information content (AvgIpc) is 2.87. The van der Waals surface area contributed by atoms with Crippen molar-refractivity contribution in [1.82, 2.24) is 4.98 Å². The van der Waals surface area contributed by atoms with E-state index in [2.05, 4.69) is 33.1 Å². The second kappa shape index (κ2) is 8.78. The molecule has 1 rings (SSSR count). The lowest BCUT2D eigenvalue weighted by molar-refractivity contribution is 0.533. The second-order valence-corrected chi connectivity index (χ2v) is 7.73. The van der Waals surface area contributed by atoms with E-state index in [0.29, 0.717) is 0 Å². The van der Waals surface area contributed by atoms with Gasteiger partial charge in [0.15, 0.2) is 0 Å². The first-order chi connectivity index (χ1) is 9.45. The molecule has 1 aromatic rings. The maximum atomic E-state index is 6.26. The molecule has 0 fully saturated rings. The van der Waals surface area contributed by atoms with E-state index in [1.807, 2.05) is 0 Å². The van der Waals surface area contributed by atoms with Gasteiger partial charge in [0.1, 0.15) is 5.01 Å². The van der Waals surface area contributed by atoms with E-state index in [-0.39, 0.29) is 11.5 Å². The van der Waals surface area contributed by atoms with Crippen LogP contribution in [0.15, 0.2) is 5.38 Å². The normalized spacial score (nSPS) is 13.7. The molecule has 0 saturated carbocycles. The molecule has 0 bridgehead atoms. The first-order valence-electron chi connectivity index (χ1n) is 8.16. The summed E-state index contributed by atoms with van der Waals surface area (Å²) in [6, 6.07) is 0.131. The number of thiazole rings is 1. The molecule has 20 heavy (non-hydrogen) atoms. The van der Waals surface area contributed by atoms with Crippen molar-refractivity contribution in [2.24, 2.45) is 5.73 Å². The first kappa shape index (κ1) is 17.6. The highest BCUT2D eigenvalue weighted by molar-refractivity contribution is 7.09. The van der Waals surface area contributed by atoms with Crippen molar-refractivity contribution in [2.75, 3.05) is 0 Å². The summed E-state index contributed by atoms with van der Waals surface area (Å²) < 4.78 is 0. The Morgan fingerprint density at radius 3 is 2.25 bits per heavy atom. The minimum Gasteiger partial charge on any atom is -0.322 e. The van der Waals surface area contributed by atoms with Crippen LogP contribution in [0, 0.1) is 0 Å². The van der Waals surface area contributed by atoms with E-state index < -0.39 is 0 Å². The SMILES string of the molecule is CCCCCCCCCC(N)c1nc(C(C)(C)C)cs1. The van der Waals surface area contributed by atoms with Gasteiger partial charge in [0.25, 0.3) is 0 Å². The number of nitrogens with two attached hydrogens (primary N) is 1. The van der Waals surface area contributed by atoms with Gasteiger partial charge in [-0.1, -0.05) is 72.6 Å². The van der Waals surface area contributed by atoms with Crippen molar-refractivity contribution in [3.05, 3.63) is 16.1 Å². The molecule has 116 valence electrons. The van der Waals surface area contributed by atoms with E-state index in [0.717, 1.165) is 11.4 Å². The fourth-order valence-electron chi connectivity index (χ4n) is 2.25. The summed E-state index contributed by atoms with van der Waals surface area (Å²) in [6.45, 7) is 8.87. The largest absolute Gasteiger partial charge is 0.322 e. The van der Waals surface area contributed by atoms with Crippen molar-refractivity contribution in [3.63, 3.8) is 0 Å². The minimum atomic E-state index is 0.131. The Morgan fingerprint density at radius 1 is 1.10 bits per heavy atom. The van der Waals surface area contributed by atoms with Crippen LogP contribution in [0.3, 0.4) is 0 Å². The van der Waals surface area contributed by atoms with Gasteiger partial charge in [0, 0.05) is 10.8 Å². The summed E-state index contributed by atoms with van der Waals surface area (Å²) in [5, 5.41) is 3.28. The zero-order valence-electron chi connectivity index (χ0n) is 13.7. The van der Waals surface area contributed by atoms with Crippen molar-refractivity contribution in [1.29, 1.82) is 0 Å². The average molecular weight is 297 g/mol. The van der Waals surface area contributed by atoms with E-state index >= 15 is 0 Å². The molecular formula is C17H32N2S. The fourth-order valence-corrected chi connectivity index (χ4v) is 3.33. The van der Waals surface area contributed by atoms with Gasteiger partial charge in [-0.15, -0.1) is 11.3 Å². The van der Waals surface area contributed by atoms with Gasteiger partial charge in [-0.05, 0) is 6.42 Å². The monoisotopic (exact) mass is 296 g/mol. The van der Waals surface area contributed by atoms with Gasteiger partial charge in [-0.25, -0.2) is 4.98 Å². The summed E-state index contributed by atoms with van der Waals surface area (Å²) in [6.07, 6.45) is 10.5. The molecule has 2 N–H and O–H groups in total.